The fourth-order valence-electron chi connectivity index (χ4n) is 1.11. The first kappa shape index (κ1) is 23.1. The van der Waals surface area contributed by atoms with E-state index in [0.717, 1.165) is 6.08 Å². The molecule has 0 heterocycles. The molecule has 0 aliphatic carbocycles. The van der Waals surface area contributed by atoms with Crippen LogP contribution in [0, 0.1) is 0 Å². The maximum absolute atomic E-state index is 11.0. The van der Waals surface area contributed by atoms with Crippen LogP contribution in [0.1, 0.15) is 6.92 Å². The number of rotatable bonds is 8. The summed E-state index contributed by atoms with van der Waals surface area (Å²) in [4.78, 5) is 25.2. The van der Waals surface area contributed by atoms with Crippen molar-refractivity contribution >= 4 is 11.9 Å². The van der Waals surface area contributed by atoms with Crippen LogP contribution in [0.25, 0.3) is 0 Å². The summed E-state index contributed by atoms with van der Waals surface area (Å²) in [5, 5.41) is 0. The van der Waals surface area contributed by atoms with Gasteiger partial charge in [0.15, 0.2) is 12.5 Å². The van der Waals surface area contributed by atoms with E-state index in [9.17, 15) is 9.59 Å². The van der Waals surface area contributed by atoms with Crippen LogP contribution in [0.4, 0.5) is 0 Å². The predicted octanol–water partition coefficient (Wildman–Crippen LogP) is 1.97. The fourth-order valence-corrected chi connectivity index (χ4v) is 1.11. The van der Waals surface area contributed by atoms with Gasteiger partial charge in [-0.15, -0.1) is 0 Å². The van der Waals surface area contributed by atoms with E-state index in [-0.39, 0.29) is 12.5 Å². The lowest BCUT2D eigenvalue weighted by atomic mass is 10.3. The lowest BCUT2D eigenvalue weighted by Gasteiger charge is -2.20. The molecule has 130 valence electrons. The Balaban J connectivity index is 0. The van der Waals surface area contributed by atoms with Crippen molar-refractivity contribution in [3.8, 4) is 0 Å². The Hall–Kier alpha value is -2.18. The van der Waals surface area contributed by atoms with Crippen LogP contribution in [0.15, 0.2) is 50.1 Å². The third-order valence-corrected chi connectivity index (χ3v) is 2.40. The molecule has 2 unspecified atom stereocenters. The van der Waals surface area contributed by atoms with Gasteiger partial charge < -0.3 is 9.47 Å². The van der Waals surface area contributed by atoms with Gasteiger partial charge in [0.25, 0.3) is 0 Å². The highest BCUT2D eigenvalue weighted by molar-refractivity contribution is 5.87. The molecule has 0 saturated heterocycles. The molecule has 0 spiro atoms. The van der Waals surface area contributed by atoms with E-state index in [1.807, 2.05) is 0 Å². The van der Waals surface area contributed by atoms with Gasteiger partial charge in [-0.3, -0.25) is 9.80 Å². The van der Waals surface area contributed by atoms with Crippen molar-refractivity contribution in [2.24, 2.45) is 0 Å². The Bertz CT molecular complexity index is 442. The van der Waals surface area contributed by atoms with Gasteiger partial charge in [-0.05, 0) is 47.3 Å². The predicted molar refractivity (Wildman–Crippen MR) is 92.5 cm³/mol. The van der Waals surface area contributed by atoms with E-state index >= 15 is 0 Å². The maximum Gasteiger partial charge on any atom is 0.334 e. The molecule has 0 rings (SSSR count). The molecule has 0 saturated carbocycles. The summed E-state index contributed by atoms with van der Waals surface area (Å²) < 4.78 is 9.85. The summed E-state index contributed by atoms with van der Waals surface area (Å²) in [7, 11) is 7.20. The van der Waals surface area contributed by atoms with E-state index < -0.39 is 11.9 Å². The van der Waals surface area contributed by atoms with Crippen molar-refractivity contribution in [1.29, 1.82) is 0 Å². The molecule has 0 aliphatic rings. The number of ether oxygens (including phenoxy) is 2. The maximum atomic E-state index is 11.0. The first-order valence-electron chi connectivity index (χ1n) is 6.88. The third kappa shape index (κ3) is 11.1. The van der Waals surface area contributed by atoms with Gasteiger partial charge >= 0.3 is 11.9 Å². The van der Waals surface area contributed by atoms with Crippen LogP contribution in [0.2, 0.25) is 0 Å². The van der Waals surface area contributed by atoms with Gasteiger partial charge in [-0.2, -0.15) is 0 Å². The van der Waals surface area contributed by atoms with E-state index in [1.165, 1.54) is 0 Å². The van der Waals surface area contributed by atoms with Crippen LogP contribution in [-0.4, -0.2) is 62.4 Å². The van der Waals surface area contributed by atoms with Crippen molar-refractivity contribution in [3.63, 3.8) is 0 Å². The molecule has 0 fully saturated rings. The van der Waals surface area contributed by atoms with E-state index in [0.29, 0.717) is 5.57 Å². The van der Waals surface area contributed by atoms with Crippen LogP contribution < -0.4 is 0 Å². The average molecular weight is 324 g/mol. The Morgan fingerprint density at radius 3 is 1.57 bits per heavy atom. The fraction of sp³-hybridized carbons (Fsp3) is 0.412. The van der Waals surface area contributed by atoms with E-state index in [4.69, 9.17) is 9.47 Å². The molecule has 23 heavy (non-hydrogen) atoms. The van der Waals surface area contributed by atoms with Gasteiger partial charge in [-0.1, -0.05) is 26.3 Å². The topological polar surface area (TPSA) is 59.1 Å². The van der Waals surface area contributed by atoms with E-state index in [2.05, 4.69) is 26.3 Å². The second-order valence-corrected chi connectivity index (χ2v) is 5.01. The smallest absolute Gasteiger partial charge is 0.334 e. The van der Waals surface area contributed by atoms with Crippen LogP contribution in [-0.2, 0) is 19.1 Å². The van der Waals surface area contributed by atoms with Crippen molar-refractivity contribution in [2.45, 2.75) is 19.4 Å². The Morgan fingerprint density at radius 2 is 1.30 bits per heavy atom. The molecule has 0 aromatic heterocycles. The third-order valence-electron chi connectivity index (χ3n) is 2.40. The highest BCUT2D eigenvalue weighted by Crippen LogP contribution is 2.01. The highest BCUT2D eigenvalue weighted by Gasteiger charge is 2.12. The lowest BCUT2D eigenvalue weighted by molar-refractivity contribution is -0.148. The van der Waals surface area contributed by atoms with Crippen LogP contribution in [0.3, 0.4) is 0 Å². The SMILES string of the molecule is C=CC(=O)OC(C=C)N(C)C.C=CC(OC(=O)C(=C)C)N(C)C. The number of likely N-dealkylation sites (N-methyl/N-ethyl adjacent to an activating group) is 2. The monoisotopic (exact) mass is 324 g/mol. The zero-order valence-corrected chi connectivity index (χ0v) is 14.7. The summed E-state index contributed by atoms with van der Waals surface area (Å²) >= 11 is 0. The number of hydrogen-bond donors (Lipinski definition) is 0. The van der Waals surface area contributed by atoms with Gasteiger partial charge in [0, 0.05) is 11.6 Å². The Kier molecular flexibility index (Phi) is 12.4. The summed E-state index contributed by atoms with van der Waals surface area (Å²) in [5.74, 6) is -0.836. The van der Waals surface area contributed by atoms with Crippen molar-refractivity contribution < 1.29 is 19.1 Å². The molecule has 0 radical (unpaired) electrons. The van der Waals surface area contributed by atoms with Gasteiger partial charge in [-0.25, -0.2) is 9.59 Å². The van der Waals surface area contributed by atoms with Gasteiger partial charge in [0.05, 0.1) is 0 Å². The normalized spacial score (nSPS) is 12.3. The largest absolute Gasteiger partial charge is 0.440 e. The zero-order chi connectivity index (χ0) is 18.6. The van der Waals surface area contributed by atoms with Crippen LogP contribution in [0.5, 0.6) is 0 Å². The molecule has 0 aliphatic heterocycles. The second-order valence-electron chi connectivity index (χ2n) is 5.01. The first-order chi connectivity index (χ1) is 10.6. The summed E-state index contributed by atoms with van der Waals surface area (Å²) in [6.45, 7) is 15.4. The molecule has 0 aromatic rings. The molecule has 0 amide bonds. The standard InChI is InChI=1S/C9H15NO2.C8H13NO2/c1-6-8(10(4)5)12-9(11)7(2)3;1-5-7(9(3)4)11-8(10)6-2/h6,8H,1-2H2,3-5H3;5-7H,1-2H2,3-4H3. The number of carbonyl (C=O) groups excluding carboxylic acids is 2. The lowest BCUT2D eigenvalue weighted by Crippen LogP contribution is -2.31. The molecule has 2 atom stereocenters. The summed E-state index contributed by atoms with van der Waals surface area (Å²) in [6.07, 6.45) is 3.47. The van der Waals surface area contributed by atoms with E-state index in [1.54, 1.807) is 57.1 Å². The molecular formula is C17H28N2O4. The number of carbonyl (C=O) groups is 2. The first-order valence-corrected chi connectivity index (χ1v) is 6.88. The Labute approximate surface area is 139 Å². The minimum Gasteiger partial charge on any atom is -0.440 e. The quantitative estimate of drug-likeness (QED) is 0.294. The number of hydrogen-bond acceptors (Lipinski definition) is 6. The van der Waals surface area contributed by atoms with Gasteiger partial charge in [0.1, 0.15) is 0 Å². The van der Waals surface area contributed by atoms with Crippen molar-refractivity contribution in [2.75, 3.05) is 28.2 Å². The van der Waals surface area contributed by atoms with Gasteiger partial charge in [0.2, 0.25) is 0 Å². The summed E-state index contributed by atoms with van der Waals surface area (Å²) in [6, 6.07) is 0. The average Bonchev–Trinajstić information content (AvgIpc) is 2.49. The van der Waals surface area contributed by atoms with Crippen LogP contribution >= 0.6 is 0 Å². The number of esters is 2. The minimum absolute atomic E-state index is 0.375. The number of nitrogens with zero attached hydrogens (tertiary/aromatic N) is 2. The second kappa shape index (κ2) is 12.4. The molecular weight excluding hydrogens is 296 g/mol. The molecule has 0 bridgehead atoms. The highest BCUT2D eigenvalue weighted by atomic mass is 16.6. The minimum atomic E-state index is -0.441. The molecule has 6 heteroatoms. The molecule has 0 N–H and O–H groups in total. The molecule has 6 nitrogen and oxygen atoms in total. The summed E-state index contributed by atoms with van der Waals surface area (Å²) in [5.41, 5.74) is 0.392. The van der Waals surface area contributed by atoms with Crippen molar-refractivity contribution in [3.05, 3.63) is 50.1 Å². The Morgan fingerprint density at radius 1 is 0.913 bits per heavy atom. The zero-order valence-electron chi connectivity index (χ0n) is 14.7. The van der Waals surface area contributed by atoms with Crippen molar-refractivity contribution in [1.82, 2.24) is 9.80 Å². The molecule has 0 aromatic carbocycles.